The quantitative estimate of drug-likeness (QED) is 0.194. The van der Waals surface area contributed by atoms with E-state index >= 15 is 0 Å². The molecule has 2 heterocycles. The van der Waals surface area contributed by atoms with Crippen molar-refractivity contribution >= 4 is 33.1 Å². The lowest BCUT2D eigenvalue weighted by molar-refractivity contribution is -0.0589. The Bertz CT molecular complexity index is 1760. The lowest BCUT2D eigenvalue weighted by Crippen LogP contribution is -2.51. The Balaban J connectivity index is 1.16. The zero-order valence-electron chi connectivity index (χ0n) is 27.6. The summed E-state index contributed by atoms with van der Waals surface area (Å²) >= 11 is 6.45. The molecule has 2 aromatic carbocycles. The van der Waals surface area contributed by atoms with E-state index in [1.807, 2.05) is 18.2 Å². The van der Waals surface area contributed by atoms with Crippen molar-refractivity contribution in [2.75, 3.05) is 38.8 Å². The van der Waals surface area contributed by atoms with Crippen LogP contribution in [0.3, 0.4) is 0 Å². The predicted molar refractivity (Wildman–Crippen MR) is 184 cm³/mol. The normalized spacial score (nSPS) is 27.5. The molecule has 3 aromatic rings. The highest BCUT2D eigenvalue weighted by Crippen LogP contribution is 2.48. The molecular weight excluding hydrogens is 650 g/mol. The fourth-order valence-corrected chi connectivity index (χ4v) is 10.8. The number of aromatic nitrogens is 2. The molecule has 6 atom stereocenters. The lowest BCUT2D eigenvalue weighted by Gasteiger charge is -2.48. The highest BCUT2D eigenvalue weighted by atomic mass is 35.5. The molecule has 3 aliphatic carbocycles. The van der Waals surface area contributed by atoms with Gasteiger partial charge in [-0.1, -0.05) is 24.1 Å². The van der Waals surface area contributed by atoms with Crippen LogP contribution in [0.2, 0.25) is 5.02 Å². The third-order valence-corrected chi connectivity index (χ3v) is 13.7. The number of hydrogen-bond acceptors (Lipinski definition) is 9. The van der Waals surface area contributed by atoms with Gasteiger partial charge in [0.2, 0.25) is 15.0 Å². The summed E-state index contributed by atoms with van der Waals surface area (Å²) in [5, 5.41) is 0.154. The van der Waals surface area contributed by atoms with Gasteiger partial charge in [0.05, 0.1) is 36.3 Å². The number of nitrogens with zero attached hydrogens (tertiary/aromatic N) is 3. The van der Waals surface area contributed by atoms with Crippen LogP contribution in [0.1, 0.15) is 72.9 Å². The van der Waals surface area contributed by atoms with Gasteiger partial charge in [0.25, 0.3) is 0 Å². The second-order valence-electron chi connectivity index (χ2n) is 14.1. The van der Waals surface area contributed by atoms with Crippen molar-refractivity contribution in [3.8, 4) is 5.75 Å². The summed E-state index contributed by atoms with van der Waals surface area (Å²) in [7, 11) is -0.452. The maximum absolute atomic E-state index is 13.5. The molecule has 1 aromatic heterocycles. The summed E-state index contributed by atoms with van der Waals surface area (Å²) in [5.41, 5.74) is 3.74. The molecule has 9 nitrogen and oxygen atoms in total. The first kappa shape index (κ1) is 33.3. The number of ether oxygens (including phenoxy) is 3. The van der Waals surface area contributed by atoms with Crippen LogP contribution in [-0.4, -0.2) is 69.6 Å². The van der Waals surface area contributed by atoms with Crippen LogP contribution in [0.15, 0.2) is 60.0 Å². The largest absolute Gasteiger partial charge is 0.490 e. The average molecular weight is 694 g/mol. The molecule has 0 amide bonds. The van der Waals surface area contributed by atoms with Crippen LogP contribution in [0, 0.1) is 17.8 Å². The smallest absolute Gasteiger partial charge is 0.337 e. The summed E-state index contributed by atoms with van der Waals surface area (Å²) < 4.78 is 45.0. The molecule has 0 N–H and O–H groups in total. The van der Waals surface area contributed by atoms with Gasteiger partial charge < -0.3 is 19.1 Å². The number of carbonyl (C=O) groups is 1. The highest BCUT2D eigenvalue weighted by Gasteiger charge is 2.47. The molecule has 7 rings (SSSR count). The summed E-state index contributed by atoms with van der Waals surface area (Å²) in [5.74, 6) is 1.15. The van der Waals surface area contributed by atoms with Crippen molar-refractivity contribution in [1.82, 2.24) is 9.97 Å². The number of hydrogen-bond donors (Lipinski definition) is 0. The Labute approximate surface area is 288 Å². The molecule has 1 aliphatic heterocycles. The second kappa shape index (κ2) is 13.6. The number of carbonyl (C=O) groups excluding carboxylic acids is 1. The molecule has 2 saturated carbocycles. The first-order chi connectivity index (χ1) is 23.2. The standard InChI is InChI=1S/C37H44ClN3O6S/c1-45-34(25-6-3-8-29(19-25)48(43,44)36-39-16-5-17-40-36)30-12-9-27(30)21-41-22-37(15-4-7-24-18-28(38)11-13-31(24)37)23-47-33-14-10-26(20-32(33)41)35(42)46-2/h5,10-11,13-14,16-18,20,25,27,29-30,34H,3-4,6-9,12,15,19,21-23H2,1-2H3/t25-,27-,29-,30+,34+,37?/m0/s1. The molecule has 11 heteroatoms. The fourth-order valence-electron chi connectivity index (χ4n) is 8.96. The van der Waals surface area contributed by atoms with Gasteiger partial charge in [-0.3, -0.25) is 0 Å². The van der Waals surface area contributed by atoms with Crippen LogP contribution < -0.4 is 9.64 Å². The van der Waals surface area contributed by atoms with Crippen molar-refractivity contribution in [2.45, 2.75) is 79.7 Å². The summed E-state index contributed by atoms with van der Waals surface area (Å²) in [6.45, 7) is 2.07. The van der Waals surface area contributed by atoms with E-state index in [1.54, 1.807) is 19.2 Å². The first-order valence-electron chi connectivity index (χ1n) is 17.1. The van der Waals surface area contributed by atoms with Gasteiger partial charge in [0, 0.05) is 43.0 Å². The summed E-state index contributed by atoms with van der Waals surface area (Å²) in [6.07, 6.45) is 11.0. The van der Waals surface area contributed by atoms with Gasteiger partial charge in [0.15, 0.2) is 0 Å². The topological polar surface area (TPSA) is 108 Å². The van der Waals surface area contributed by atoms with Crippen molar-refractivity contribution in [1.29, 1.82) is 0 Å². The average Bonchev–Trinajstić information content (AvgIpc) is 3.25. The number of fused-ring (bicyclic) bond motifs is 3. The molecule has 48 heavy (non-hydrogen) atoms. The van der Waals surface area contributed by atoms with E-state index < -0.39 is 15.1 Å². The van der Waals surface area contributed by atoms with Crippen LogP contribution in [0.5, 0.6) is 5.75 Å². The number of anilines is 1. The number of halogens is 1. The van der Waals surface area contributed by atoms with E-state index in [0.29, 0.717) is 36.8 Å². The van der Waals surface area contributed by atoms with Crippen LogP contribution in [0.4, 0.5) is 5.69 Å². The number of rotatable bonds is 8. The predicted octanol–water partition coefficient (Wildman–Crippen LogP) is 6.46. The number of benzene rings is 2. The minimum Gasteiger partial charge on any atom is -0.490 e. The third-order valence-electron chi connectivity index (χ3n) is 11.5. The molecule has 256 valence electrons. The number of aryl methyl sites for hydroxylation is 1. The van der Waals surface area contributed by atoms with Gasteiger partial charge in [-0.25, -0.2) is 23.2 Å². The Hall–Kier alpha value is -3.21. The van der Waals surface area contributed by atoms with Crippen molar-refractivity contribution in [2.24, 2.45) is 17.8 Å². The molecule has 2 fully saturated rings. The molecule has 1 unspecified atom stereocenters. The maximum atomic E-state index is 13.5. The third kappa shape index (κ3) is 6.20. The van der Waals surface area contributed by atoms with Gasteiger partial charge in [-0.15, -0.1) is 0 Å². The Morgan fingerprint density at radius 1 is 1.08 bits per heavy atom. The maximum Gasteiger partial charge on any atom is 0.337 e. The molecule has 0 radical (unpaired) electrons. The zero-order chi connectivity index (χ0) is 33.5. The Morgan fingerprint density at radius 3 is 2.67 bits per heavy atom. The first-order valence-corrected chi connectivity index (χ1v) is 19.1. The molecule has 0 saturated heterocycles. The van der Waals surface area contributed by atoms with Gasteiger partial charge in [-0.2, -0.15) is 0 Å². The molecule has 0 bridgehead atoms. The van der Waals surface area contributed by atoms with E-state index in [4.69, 9.17) is 25.8 Å². The monoisotopic (exact) mass is 693 g/mol. The van der Waals surface area contributed by atoms with Crippen molar-refractivity contribution < 1.29 is 27.4 Å². The van der Waals surface area contributed by atoms with E-state index in [1.165, 1.54) is 30.6 Å². The summed E-state index contributed by atoms with van der Waals surface area (Å²) in [4.78, 5) is 23.2. The second-order valence-corrected chi connectivity index (χ2v) is 16.7. The molecule has 4 aliphatic rings. The number of esters is 1. The molecule has 1 spiro atoms. The van der Waals surface area contributed by atoms with E-state index in [0.717, 1.165) is 74.5 Å². The van der Waals surface area contributed by atoms with Gasteiger partial charge >= 0.3 is 5.97 Å². The minimum atomic E-state index is -3.63. The lowest BCUT2D eigenvalue weighted by atomic mass is 9.65. The summed E-state index contributed by atoms with van der Waals surface area (Å²) in [6, 6.07) is 13.5. The number of methoxy groups -OCH3 is 2. The van der Waals surface area contributed by atoms with Crippen molar-refractivity contribution in [3.05, 3.63) is 76.6 Å². The minimum absolute atomic E-state index is 0.0472. The zero-order valence-corrected chi connectivity index (χ0v) is 29.2. The molecular formula is C37H44ClN3O6S. The van der Waals surface area contributed by atoms with Crippen LogP contribution in [-0.2, 0) is 31.1 Å². The van der Waals surface area contributed by atoms with Gasteiger partial charge in [-0.05, 0) is 117 Å². The fraction of sp³-hybridized carbons (Fsp3) is 0.541. The van der Waals surface area contributed by atoms with Crippen LogP contribution >= 0.6 is 11.6 Å². The van der Waals surface area contributed by atoms with E-state index in [-0.39, 0.29) is 28.6 Å². The van der Waals surface area contributed by atoms with E-state index in [9.17, 15) is 13.2 Å². The van der Waals surface area contributed by atoms with Gasteiger partial charge in [0.1, 0.15) is 5.75 Å². The van der Waals surface area contributed by atoms with Crippen molar-refractivity contribution in [3.63, 3.8) is 0 Å². The number of sulfone groups is 1. The highest BCUT2D eigenvalue weighted by molar-refractivity contribution is 7.91. The Morgan fingerprint density at radius 2 is 1.92 bits per heavy atom. The SMILES string of the molecule is COC(=O)c1ccc2c(c1)N(C[C@@H]1CC[C@H]1[C@H](OC)[C@H]1CCC[C@H](S(=O)(=O)c3ncccn3)C1)CC1(CCCc3cc(Cl)ccc31)CO2. The van der Waals surface area contributed by atoms with Crippen LogP contribution in [0.25, 0.3) is 0 Å². The van der Waals surface area contributed by atoms with E-state index in [2.05, 4.69) is 27.0 Å². The Kier molecular flexibility index (Phi) is 9.43.